The molecule has 0 saturated carbocycles. The number of aryl methyl sites for hydroxylation is 1. The number of nitrogens with zero attached hydrogens (tertiary/aromatic N) is 3. The molecule has 1 amide bonds. The van der Waals surface area contributed by atoms with Crippen LogP contribution in [0.3, 0.4) is 0 Å². The lowest BCUT2D eigenvalue weighted by Crippen LogP contribution is -2.22. The summed E-state index contributed by atoms with van der Waals surface area (Å²) in [6, 6.07) is 0. The minimum absolute atomic E-state index is 0.0794. The fourth-order valence-corrected chi connectivity index (χ4v) is 3.25. The van der Waals surface area contributed by atoms with Gasteiger partial charge in [-0.1, -0.05) is 0 Å². The molecule has 1 N–H and O–H groups in total. The third-order valence-corrected chi connectivity index (χ3v) is 4.04. The molecule has 2 aromatic rings. The molecule has 17 heavy (non-hydrogen) atoms. The van der Waals surface area contributed by atoms with Crippen molar-refractivity contribution < 1.29 is 4.79 Å². The molecule has 1 aliphatic rings. The van der Waals surface area contributed by atoms with Gasteiger partial charge in [0.05, 0.1) is 5.56 Å². The van der Waals surface area contributed by atoms with Crippen molar-refractivity contribution in [3.63, 3.8) is 0 Å². The molecule has 6 heteroatoms. The van der Waals surface area contributed by atoms with Gasteiger partial charge in [-0.15, -0.1) is 21.5 Å². The van der Waals surface area contributed by atoms with E-state index in [-0.39, 0.29) is 5.91 Å². The maximum atomic E-state index is 12.1. The van der Waals surface area contributed by atoms with Crippen LogP contribution in [-0.2, 0) is 12.8 Å². The summed E-state index contributed by atoms with van der Waals surface area (Å²) in [7, 11) is 0. The smallest absolute Gasteiger partial charge is 0.267 e. The molecule has 0 bridgehead atoms. The number of aromatic nitrogens is 3. The Balaban J connectivity index is 1.84. The first-order valence-corrected chi connectivity index (χ1v) is 6.48. The molecular formula is C11H12N4OS. The van der Waals surface area contributed by atoms with E-state index in [4.69, 9.17) is 0 Å². The monoisotopic (exact) mass is 248 g/mol. The number of fused-ring (bicyclic) bond motifs is 1. The molecule has 0 atom stereocenters. The van der Waals surface area contributed by atoms with Crippen LogP contribution >= 0.6 is 11.3 Å². The number of rotatable bonds is 2. The summed E-state index contributed by atoms with van der Waals surface area (Å²) >= 11 is 1.69. The molecule has 0 aromatic carbocycles. The predicted octanol–water partition coefficient (Wildman–Crippen LogP) is 1.60. The third-order valence-electron chi connectivity index (χ3n) is 2.96. The Morgan fingerprint density at radius 1 is 1.29 bits per heavy atom. The zero-order valence-electron chi connectivity index (χ0n) is 9.22. The lowest BCUT2D eigenvalue weighted by Gasteiger charge is -2.12. The van der Waals surface area contributed by atoms with Crippen molar-refractivity contribution in [1.29, 1.82) is 0 Å². The molecule has 3 rings (SSSR count). The lowest BCUT2D eigenvalue weighted by molar-refractivity contribution is 0.101. The zero-order valence-corrected chi connectivity index (χ0v) is 10.0. The number of nitrogens with one attached hydrogen (secondary N) is 1. The highest BCUT2D eigenvalue weighted by molar-refractivity contribution is 7.10. The van der Waals surface area contributed by atoms with Crippen molar-refractivity contribution in [3.05, 3.63) is 34.0 Å². The van der Waals surface area contributed by atoms with Crippen LogP contribution in [0.1, 0.15) is 33.6 Å². The number of amides is 1. The average Bonchev–Trinajstić information content (AvgIpc) is 2.96. The first-order valence-electron chi connectivity index (χ1n) is 5.60. The maximum Gasteiger partial charge on any atom is 0.271 e. The second kappa shape index (κ2) is 4.29. The van der Waals surface area contributed by atoms with E-state index in [1.807, 2.05) is 5.38 Å². The van der Waals surface area contributed by atoms with E-state index in [9.17, 15) is 4.79 Å². The molecule has 0 spiro atoms. The van der Waals surface area contributed by atoms with E-state index in [1.165, 1.54) is 40.6 Å². The van der Waals surface area contributed by atoms with Crippen molar-refractivity contribution in [2.75, 3.05) is 5.43 Å². The summed E-state index contributed by atoms with van der Waals surface area (Å²) in [6.07, 6.45) is 7.48. The van der Waals surface area contributed by atoms with Gasteiger partial charge in [0.25, 0.3) is 5.91 Å². The minimum Gasteiger partial charge on any atom is -0.267 e. The van der Waals surface area contributed by atoms with E-state index in [0.29, 0.717) is 0 Å². The van der Waals surface area contributed by atoms with E-state index in [1.54, 1.807) is 11.3 Å². The van der Waals surface area contributed by atoms with E-state index >= 15 is 0 Å². The standard InChI is InChI=1S/C11H12N4OS/c16-11(14-15-6-12-13-7-15)9-5-17-10-4-2-1-3-8(9)10/h5-7H,1-4H2,(H,14,16). The Morgan fingerprint density at radius 2 is 2.06 bits per heavy atom. The molecule has 0 fully saturated rings. The highest BCUT2D eigenvalue weighted by atomic mass is 32.1. The summed E-state index contributed by atoms with van der Waals surface area (Å²) in [5.41, 5.74) is 4.77. The number of hydrogen-bond donors (Lipinski definition) is 1. The van der Waals surface area contributed by atoms with Gasteiger partial charge in [0.1, 0.15) is 12.7 Å². The molecule has 2 heterocycles. The van der Waals surface area contributed by atoms with Crippen LogP contribution in [0.4, 0.5) is 0 Å². The summed E-state index contributed by atoms with van der Waals surface area (Å²) in [6.45, 7) is 0. The molecule has 88 valence electrons. The highest BCUT2D eigenvalue weighted by Crippen LogP contribution is 2.30. The summed E-state index contributed by atoms with van der Waals surface area (Å²) < 4.78 is 1.47. The largest absolute Gasteiger partial charge is 0.271 e. The summed E-state index contributed by atoms with van der Waals surface area (Å²) in [4.78, 5) is 13.4. The van der Waals surface area contributed by atoms with E-state index < -0.39 is 0 Å². The number of hydrogen-bond acceptors (Lipinski definition) is 4. The Morgan fingerprint density at radius 3 is 2.88 bits per heavy atom. The van der Waals surface area contributed by atoms with E-state index in [0.717, 1.165) is 18.4 Å². The minimum atomic E-state index is -0.0794. The van der Waals surface area contributed by atoms with Crippen LogP contribution in [-0.4, -0.2) is 20.8 Å². The second-order valence-corrected chi connectivity index (χ2v) is 5.03. The molecule has 0 unspecified atom stereocenters. The van der Waals surface area contributed by atoms with Gasteiger partial charge >= 0.3 is 0 Å². The van der Waals surface area contributed by atoms with Gasteiger partial charge in [-0.2, -0.15) is 0 Å². The zero-order chi connectivity index (χ0) is 11.7. The molecule has 0 radical (unpaired) electrons. The summed E-state index contributed by atoms with van der Waals surface area (Å²) in [5, 5.41) is 9.24. The second-order valence-electron chi connectivity index (χ2n) is 4.07. The van der Waals surface area contributed by atoms with Gasteiger partial charge in [-0.25, -0.2) is 4.68 Å². The number of thiophene rings is 1. The van der Waals surface area contributed by atoms with Crippen LogP contribution < -0.4 is 5.43 Å². The normalized spacial score (nSPS) is 14.4. The van der Waals surface area contributed by atoms with Crippen LogP contribution in [0.15, 0.2) is 18.0 Å². The first-order chi connectivity index (χ1) is 8.34. The highest BCUT2D eigenvalue weighted by Gasteiger charge is 2.20. The molecule has 5 nitrogen and oxygen atoms in total. The Kier molecular flexibility index (Phi) is 2.64. The molecule has 1 aliphatic carbocycles. The van der Waals surface area contributed by atoms with Crippen molar-refractivity contribution in [2.24, 2.45) is 0 Å². The average molecular weight is 248 g/mol. The SMILES string of the molecule is O=C(Nn1cnnc1)c1csc2c1CCCC2. The fraction of sp³-hybridized carbons (Fsp3) is 0.364. The van der Waals surface area contributed by atoms with Gasteiger partial charge < -0.3 is 0 Å². The van der Waals surface area contributed by atoms with Gasteiger partial charge in [-0.05, 0) is 31.2 Å². The van der Waals surface area contributed by atoms with Gasteiger partial charge in [-0.3, -0.25) is 10.2 Å². The molecular weight excluding hydrogens is 236 g/mol. The van der Waals surface area contributed by atoms with Crippen LogP contribution in [0, 0.1) is 0 Å². The number of carbonyl (C=O) groups excluding carboxylic acids is 1. The van der Waals surface area contributed by atoms with Crippen LogP contribution in [0.2, 0.25) is 0 Å². The maximum absolute atomic E-state index is 12.1. The molecule has 0 saturated heterocycles. The lowest BCUT2D eigenvalue weighted by atomic mass is 9.96. The van der Waals surface area contributed by atoms with E-state index in [2.05, 4.69) is 15.6 Å². The fourth-order valence-electron chi connectivity index (χ4n) is 2.12. The summed E-state index contributed by atoms with van der Waals surface area (Å²) in [5.74, 6) is -0.0794. The Labute approximate surface area is 102 Å². The van der Waals surface area contributed by atoms with Crippen LogP contribution in [0.25, 0.3) is 0 Å². The Hall–Kier alpha value is -1.69. The van der Waals surface area contributed by atoms with Gasteiger partial charge in [0, 0.05) is 10.3 Å². The van der Waals surface area contributed by atoms with Gasteiger partial charge in [0.15, 0.2) is 0 Å². The first kappa shape index (κ1) is 10.5. The molecule has 2 aromatic heterocycles. The van der Waals surface area contributed by atoms with Crippen molar-refractivity contribution >= 4 is 17.2 Å². The van der Waals surface area contributed by atoms with Crippen molar-refractivity contribution in [1.82, 2.24) is 14.9 Å². The predicted molar refractivity (Wildman–Crippen MR) is 64.7 cm³/mol. The third kappa shape index (κ3) is 1.95. The van der Waals surface area contributed by atoms with Crippen LogP contribution in [0.5, 0.6) is 0 Å². The molecule has 0 aliphatic heterocycles. The Bertz CT molecular complexity index is 532. The number of carbonyl (C=O) groups is 1. The van der Waals surface area contributed by atoms with Crippen molar-refractivity contribution in [2.45, 2.75) is 25.7 Å². The van der Waals surface area contributed by atoms with Crippen molar-refractivity contribution in [3.8, 4) is 0 Å². The topological polar surface area (TPSA) is 59.8 Å². The quantitative estimate of drug-likeness (QED) is 0.878. The van der Waals surface area contributed by atoms with Gasteiger partial charge in [0.2, 0.25) is 0 Å².